The van der Waals surface area contributed by atoms with Gasteiger partial charge in [0, 0.05) is 201 Å². The van der Waals surface area contributed by atoms with Crippen LogP contribution in [0.25, 0.3) is 0 Å². The van der Waals surface area contributed by atoms with Crippen LogP contribution in [0.3, 0.4) is 0 Å². The molecule has 54 nitrogen and oxygen atoms in total. The first-order valence-electron chi connectivity index (χ1n) is 45.7. The Balaban J connectivity index is 0.000000827. The van der Waals surface area contributed by atoms with E-state index in [1.807, 2.05) is 191 Å². The molecule has 9 heterocycles. The lowest BCUT2D eigenvalue weighted by Crippen LogP contribution is -2.46. The molecule has 0 bridgehead atoms. The van der Waals surface area contributed by atoms with Crippen LogP contribution < -0.4 is 114 Å². The predicted octanol–water partition coefficient (Wildman–Crippen LogP) is 2.01. The second-order valence-electron chi connectivity index (χ2n) is 31.9. The van der Waals surface area contributed by atoms with Crippen LogP contribution >= 0.6 is 0 Å². The quantitative estimate of drug-likeness (QED) is 0.0259. The Morgan fingerprint density at radius 3 is 0.891 bits per heavy atom. The van der Waals surface area contributed by atoms with Crippen molar-refractivity contribution >= 4 is 107 Å². The van der Waals surface area contributed by atoms with Crippen LogP contribution in [0.1, 0.15) is 104 Å². The fourth-order valence-electron chi connectivity index (χ4n) is 11.0. The van der Waals surface area contributed by atoms with Crippen LogP contribution in [-0.4, -0.2) is 285 Å². The lowest BCUT2D eigenvalue weighted by Gasteiger charge is -2.26. The number of rotatable bonds is 27. The summed E-state index contributed by atoms with van der Waals surface area (Å²) in [6, 6.07) is 34.7. The molecule has 0 radical (unpaired) electrons. The van der Waals surface area contributed by atoms with Gasteiger partial charge in [-0.15, -0.1) is 0 Å². The highest BCUT2D eigenvalue weighted by Crippen LogP contribution is 2.15. The van der Waals surface area contributed by atoms with Gasteiger partial charge in [0.25, 0.3) is 0 Å². The van der Waals surface area contributed by atoms with Crippen molar-refractivity contribution in [2.24, 2.45) is 173 Å². The van der Waals surface area contributed by atoms with Crippen LogP contribution in [-0.2, 0) is 57.8 Å². The third-order valence-corrected chi connectivity index (χ3v) is 19.0. The maximum Gasteiger partial charge on any atom is 0.223 e. The van der Waals surface area contributed by atoms with Crippen LogP contribution in [0.2, 0.25) is 0 Å². The van der Waals surface area contributed by atoms with Gasteiger partial charge in [-0.05, 0) is 172 Å². The predicted molar refractivity (Wildman–Crippen MR) is 589 cm³/mol. The molecule has 0 amide bonds. The molecule has 0 aliphatic carbocycles. The summed E-state index contributed by atoms with van der Waals surface area (Å²) in [4.78, 5) is 65.7. The summed E-state index contributed by atoms with van der Waals surface area (Å²) in [6.07, 6.45) is 6.51. The lowest BCUT2D eigenvalue weighted by molar-refractivity contribution is 0.414. The number of guanidine groups is 18. The van der Waals surface area contributed by atoms with E-state index in [9.17, 15) is 0 Å². The maximum absolute atomic E-state index is 7.80. The second kappa shape index (κ2) is 69.9. The monoisotopic (exact) mass is 2050 g/mol. The summed E-state index contributed by atoms with van der Waals surface area (Å²) in [5, 5.41) is 35.4. The summed E-state index contributed by atoms with van der Waals surface area (Å²) in [5.74, 6) is 18.7. The smallest absolute Gasteiger partial charge is 0.223 e. The van der Waals surface area contributed by atoms with Crippen LogP contribution in [0.4, 0.5) is 0 Å². The van der Waals surface area contributed by atoms with E-state index in [2.05, 4.69) is 80.5 Å². The van der Waals surface area contributed by atoms with Gasteiger partial charge in [-0.3, -0.25) is 76.7 Å². The summed E-state index contributed by atoms with van der Waals surface area (Å²) in [5.41, 5.74) is 96.7. The zero-order valence-electron chi connectivity index (χ0n) is 88.6. The molecule has 9 rings (SSSR count). The van der Waals surface area contributed by atoms with E-state index in [0.29, 0.717) is 108 Å². The first-order valence-corrected chi connectivity index (χ1v) is 45.7. The van der Waals surface area contributed by atoms with E-state index in [-0.39, 0.29) is 83.4 Å². The molecule has 810 valence electrons. The minimum Gasteiger partial charge on any atom is -0.466 e. The standard InChI is InChI=1S/4C11H19N5O.4C10H17N5O.C9H15N5O/c1-8-4-5-9(17-8)6-7-14-10(12)15-11(13)16(2)3;1-8-4-5-9(17-8)6-7-16(3)11(13)15-10(12)14-2;1-8-4-5-9(17-8)6-7-15(2)11(14)16(3)10(12)13;1-8-4-5-9(17-8)6-7-16(3)11(14-2)15-10(12)13;1-7-3-4-8(16-7)5-6-14-10(12)15-9(11)13-2;1-7-3-4-8(16-7)5-6-15(2)10(13)14-9(11)12;1-7-3-4-8(16-7)5-6-14-10(13)15(2)9(11)12;1-7-3-4-8(16-7)5-6-14-10(13-2)15-9(11)12;1-6-2-3-7(15-6)4-5-13-9(12)14-8(10)11/h2*4-5H,6-7H2,1-3H3,(H4,12,13,14,15);4-5,14H,6-7H2,1-3H3,(H3,12,13);4-5H,6-7H2,1-3H3,(H4,12,13,14,15);3-4H,5-6H2,1-2H3,(H5,11,12,13,14,15);3-4H,5-6H2,1-2H3,(H5,11,12,13,14);3-4H,5-6H2,1-2H3,(H3,11,12)(H2,13,14);3-4H,5-6H2,1-2H3,(H5,11,12,13,14,15);2-3H,4-5H2,1H3,(H6,10,11,12,13,14). The molecule has 0 aliphatic rings. The number of hydrogen-bond acceptors (Lipinski definition) is 21. The molecule has 0 saturated carbocycles. The molecule has 0 fully saturated rings. The zero-order chi connectivity index (χ0) is 111. The number of hydrogen-bond donors (Lipinski definition) is 24. The molecule has 0 unspecified atom stereocenters. The fraction of sp³-hybridized carbons (Fsp3) is 0.419. The Labute approximate surface area is 859 Å². The molecule has 0 atom stereocenters. The number of aliphatic imine (C=N–C) groups is 14. The molecule has 0 aliphatic heterocycles. The molecule has 0 spiro atoms. The maximum atomic E-state index is 7.80. The van der Waals surface area contributed by atoms with Crippen molar-refractivity contribution in [3.8, 4) is 0 Å². The van der Waals surface area contributed by atoms with Gasteiger partial charge in [0.05, 0.1) is 0 Å². The molecule has 0 aromatic carbocycles. The largest absolute Gasteiger partial charge is 0.466 e. The summed E-state index contributed by atoms with van der Waals surface area (Å²) in [6.45, 7) is 22.6. The van der Waals surface area contributed by atoms with E-state index in [0.717, 1.165) is 136 Å². The van der Waals surface area contributed by atoms with Gasteiger partial charge < -0.3 is 173 Å². The first kappa shape index (κ1) is 127. The molecule has 0 saturated heterocycles. The Bertz CT molecular complexity index is 5830. The van der Waals surface area contributed by atoms with E-state index in [4.69, 9.17) is 165 Å². The van der Waals surface area contributed by atoms with Gasteiger partial charge in [-0.2, -0.15) is 30.0 Å². The minimum absolute atomic E-state index is 0.00583. The second-order valence-corrected chi connectivity index (χ2v) is 31.9. The SMILES string of the molecule is CN=C(N)N=C(N)N(C)CCc1ccc(C)o1.CN=C(N)NC(N)=NCCc1ccc(C)o1.CN=C(N=C(N)N)N(C)CCc1ccc(C)o1.CN=C(N=C(N)N)NCCc1ccc(C)o1.Cc1ccc(CCN(C)C(=N)N(C)C(=N)N)o1.Cc1ccc(CCN(C)C(=N)N=C(N)N)o1.Cc1ccc(CCN=C(N)N(C)C(=N)N)o1.Cc1ccc(CCN=C(N)N=C(N)N(C)C)o1.Cc1ccc(CCN=C(N)N=C(N)N)o1. The average molecular weight is 2050 g/mol. The Morgan fingerprint density at radius 2 is 0.585 bits per heavy atom. The molecule has 9 aromatic rings. The van der Waals surface area contributed by atoms with Crippen molar-refractivity contribution in [2.45, 2.75) is 120 Å². The Morgan fingerprint density at radius 1 is 0.279 bits per heavy atom. The molecule has 9 aromatic heterocycles. The van der Waals surface area contributed by atoms with Crippen molar-refractivity contribution in [3.63, 3.8) is 0 Å². The van der Waals surface area contributed by atoms with Gasteiger partial charge >= 0.3 is 0 Å². The number of likely N-dealkylation sites (N-methyl/N-ethyl adjacent to an activating group) is 4. The highest BCUT2D eigenvalue weighted by molar-refractivity contribution is 5.99. The molecular weight excluding hydrogens is 1890 g/mol. The first-order chi connectivity index (χ1) is 69.2. The third kappa shape index (κ3) is 59.5. The molecule has 42 N–H and O–H groups in total. The van der Waals surface area contributed by atoms with Gasteiger partial charge in [0.1, 0.15) is 104 Å². The van der Waals surface area contributed by atoms with Crippen molar-refractivity contribution in [1.82, 2.24) is 44.9 Å². The summed E-state index contributed by atoms with van der Waals surface area (Å²) >= 11 is 0. The van der Waals surface area contributed by atoms with Crippen molar-refractivity contribution in [2.75, 3.05) is 143 Å². The van der Waals surface area contributed by atoms with Gasteiger partial charge in [0.2, 0.25) is 35.8 Å². The highest BCUT2D eigenvalue weighted by Gasteiger charge is 2.16. The summed E-state index contributed by atoms with van der Waals surface area (Å²) in [7, 11) is 20.4. The fourth-order valence-corrected chi connectivity index (χ4v) is 11.0. The van der Waals surface area contributed by atoms with E-state index >= 15 is 0 Å². The molecular formula is C93H159N45O9. The van der Waals surface area contributed by atoms with Crippen LogP contribution in [0.15, 0.2) is 219 Å². The van der Waals surface area contributed by atoms with Crippen molar-refractivity contribution < 1.29 is 39.8 Å². The van der Waals surface area contributed by atoms with Crippen molar-refractivity contribution in [1.29, 1.82) is 21.6 Å². The number of nitrogens with one attached hydrogen (secondary N) is 6. The zero-order valence-corrected chi connectivity index (χ0v) is 88.6. The number of aryl methyl sites for hydroxylation is 9. The normalized spacial score (nSPS) is 11.6. The van der Waals surface area contributed by atoms with Crippen molar-refractivity contribution in [3.05, 3.63) is 213 Å². The van der Waals surface area contributed by atoms with Gasteiger partial charge in [-0.1, -0.05) is 0 Å². The van der Waals surface area contributed by atoms with E-state index < -0.39 is 0 Å². The average Bonchev–Trinajstić information content (AvgIpc) is 1.86. The summed E-state index contributed by atoms with van der Waals surface area (Å²) < 4.78 is 48.7. The number of nitrogens with zero attached hydrogens (tertiary/aromatic N) is 21. The van der Waals surface area contributed by atoms with E-state index in [1.54, 1.807) is 90.1 Å². The molecule has 54 heteroatoms. The third-order valence-electron chi connectivity index (χ3n) is 19.0. The minimum atomic E-state index is -0.143. The number of nitrogens with two attached hydrogens (primary N) is 18. The lowest BCUT2D eigenvalue weighted by atomic mass is 10.3. The Kier molecular flexibility index (Phi) is 60.5. The van der Waals surface area contributed by atoms with Crippen LogP contribution in [0, 0.1) is 84.0 Å². The van der Waals surface area contributed by atoms with Gasteiger partial charge in [-0.25, -0.2) is 0 Å². The van der Waals surface area contributed by atoms with Gasteiger partial charge in [0.15, 0.2) is 71.5 Å². The molecule has 147 heavy (non-hydrogen) atoms. The number of furan rings is 9. The topological polar surface area (TPSA) is 902 Å². The van der Waals surface area contributed by atoms with E-state index in [1.165, 1.54) is 9.80 Å². The Hall–Kier alpha value is -17.8. The highest BCUT2D eigenvalue weighted by atomic mass is 16.4. The van der Waals surface area contributed by atoms with Crippen LogP contribution in [0.5, 0.6) is 0 Å².